The topological polar surface area (TPSA) is 67.0 Å². The average Bonchev–Trinajstić information content (AvgIpc) is 2.33. The van der Waals surface area contributed by atoms with E-state index in [9.17, 15) is 13.2 Å². The average molecular weight is 277 g/mol. The third-order valence-corrected chi connectivity index (χ3v) is 4.22. The highest BCUT2D eigenvalue weighted by atomic mass is 32.2. The SMILES string of the molecule is Cc1cc(-c2ccc(S(C)(=O)=O)cc2)c(=O)[nH]c1C. The van der Waals surface area contributed by atoms with Crippen LogP contribution in [0.2, 0.25) is 0 Å². The van der Waals surface area contributed by atoms with Gasteiger partial charge in [0.05, 0.1) is 4.90 Å². The molecule has 0 amide bonds. The first kappa shape index (κ1) is 13.5. The minimum atomic E-state index is -3.21. The summed E-state index contributed by atoms with van der Waals surface area (Å²) in [4.78, 5) is 14.9. The minimum absolute atomic E-state index is 0.171. The number of aromatic nitrogens is 1. The normalized spacial score (nSPS) is 11.5. The van der Waals surface area contributed by atoms with Gasteiger partial charge in [-0.1, -0.05) is 12.1 Å². The van der Waals surface area contributed by atoms with Crippen molar-refractivity contribution in [1.82, 2.24) is 4.98 Å². The molecule has 1 aromatic heterocycles. The van der Waals surface area contributed by atoms with Gasteiger partial charge in [-0.3, -0.25) is 4.79 Å². The number of pyridine rings is 1. The quantitative estimate of drug-likeness (QED) is 0.913. The lowest BCUT2D eigenvalue weighted by Gasteiger charge is -2.06. The van der Waals surface area contributed by atoms with Crippen molar-refractivity contribution >= 4 is 9.84 Å². The Labute approximate surface area is 112 Å². The summed E-state index contributed by atoms with van der Waals surface area (Å²) in [6.07, 6.45) is 1.16. The van der Waals surface area contributed by atoms with Crippen molar-refractivity contribution < 1.29 is 8.42 Å². The summed E-state index contributed by atoms with van der Waals surface area (Å²) in [6.45, 7) is 3.76. The van der Waals surface area contributed by atoms with Crippen molar-refractivity contribution in [3.05, 3.63) is 51.9 Å². The molecule has 0 unspecified atom stereocenters. The maximum atomic E-state index is 11.9. The molecule has 2 aromatic rings. The molecule has 0 atom stereocenters. The Morgan fingerprint density at radius 1 is 1.05 bits per heavy atom. The van der Waals surface area contributed by atoms with E-state index >= 15 is 0 Å². The summed E-state index contributed by atoms with van der Waals surface area (Å²) in [5.74, 6) is 0. The zero-order chi connectivity index (χ0) is 14.2. The van der Waals surface area contributed by atoms with Gasteiger partial charge in [-0.25, -0.2) is 8.42 Å². The third kappa shape index (κ3) is 2.76. The molecule has 1 aromatic carbocycles. The van der Waals surface area contributed by atoms with E-state index in [0.717, 1.165) is 17.5 Å². The summed E-state index contributed by atoms with van der Waals surface area (Å²) in [5.41, 5.74) is 2.90. The van der Waals surface area contributed by atoms with Crippen LogP contribution in [0.5, 0.6) is 0 Å². The van der Waals surface area contributed by atoms with Crippen LogP contribution in [0.4, 0.5) is 0 Å². The lowest BCUT2D eigenvalue weighted by Crippen LogP contribution is -2.11. The monoisotopic (exact) mass is 277 g/mol. The Hall–Kier alpha value is -1.88. The lowest BCUT2D eigenvalue weighted by molar-refractivity contribution is 0.602. The Kier molecular flexibility index (Phi) is 3.32. The first-order valence-corrected chi connectivity index (χ1v) is 7.69. The number of sulfone groups is 1. The number of hydrogen-bond acceptors (Lipinski definition) is 3. The van der Waals surface area contributed by atoms with E-state index in [2.05, 4.69) is 4.98 Å². The number of H-pyrrole nitrogens is 1. The zero-order valence-corrected chi connectivity index (χ0v) is 11.8. The summed E-state index contributed by atoms with van der Waals surface area (Å²) in [5, 5.41) is 0. The molecule has 5 heteroatoms. The van der Waals surface area contributed by atoms with Gasteiger partial charge in [0.25, 0.3) is 5.56 Å². The smallest absolute Gasteiger partial charge is 0.256 e. The molecule has 100 valence electrons. The van der Waals surface area contributed by atoms with Gasteiger partial charge < -0.3 is 4.98 Å². The number of aryl methyl sites for hydroxylation is 2. The van der Waals surface area contributed by atoms with Gasteiger partial charge in [0, 0.05) is 17.5 Å². The summed E-state index contributed by atoms with van der Waals surface area (Å²) in [6, 6.07) is 8.13. The van der Waals surface area contributed by atoms with E-state index in [0.29, 0.717) is 11.1 Å². The molecule has 4 nitrogen and oxygen atoms in total. The molecule has 0 radical (unpaired) electrons. The maximum absolute atomic E-state index is 11.9. The first-order valence-electron chi connectivity index (χ1n) is 5.80. The highest BCUT2D eigenvalue weighted by Gasteiger charge is 2.09. The van der Waals surface area contributed by atoms with Gasteiger partial charge in [0.1, 0.15) is 0 Å². The zero-order valence-electron chi connectivity index (χ0n) is 11.0. The number of aromatic amines is 1. The van der Waals surface area contributed by atoms with E-state index in [-0.39, 0.29) is 10.5 Å². The van der Waals surface area contributed by atoms with E-state index in [4.69, 9.17) is 0 Å². The molecule has 0 bridgehead atoms. The van der Waals surface area contributed by atoms with Crippen LogP contribution in [0.3, 0.4) is 0 Å². The highest BCUT2D eigenvalue weighted by molar-refractivity contribution is 7.90. The van der Waals surface area contributed by atoms with Crippen LogP contribution in [0, 0.1) is 13.8 Å². The van der Waals surface area contributed by atoms with Gasteiger partial charge >= 0.3 is 0 Å². The van der Waals surface area contributed by atoms with Crippen LogP contribution in [0.15, 0.2) is 40.0 Å². The minimum Gasteiger partial charge on any atom is -0.326 e. The highest BCUT2D eigenvalue weighted by Crippen LogP contribution is 2.19. The van der Waals surface area contributed by atoms with Crippen LogP contribution in [-0.4, -0.2) is 19.7 Å². The summed E-state index contributed by atoms with van der Waals surface area (Å²) in [7, 11) is -3.21. The van der Waals surface area contributed by atoms with Crippen molar-refractivity contribution in [3.8, 4) is 11.1 Å². The fraction of sp³-hybridized carbons (Fsp3) is 0.214. The van der Waals surface area contributed by atoms with Crippen LogP contribution >= 0.6 is 0 Å². The Morgan fingerprint density at radius 2 is 1.63 bits per heavy atom. The molecule has 19 heavy (non-hydrogen) atoms. The number of benzene rings is 1. The predicted molar refractivity (Wildman–Crippen MR) is 75.1 cm³/mol. The van der Waals surface area contributed by atoms with Crippen molar-refractivity contribution in [1.29, 1.82) is 0 Å². The molecule has 2 rings (SSSR count). The van der Waals surface area contributed by atoms with Gasteiger partial charge in [-0.2, -0.15) is 0 Å². The molecular formula is C14H15NO3S. The molecule has 1 heterocycles. The Balaban J connectivity index is 2.55. The van der Waals surface area contributed by atoms with Crippen molar-refractivity contribution in [2.24, 2.45) is 0 Å². The van der Waals surface area contributed by atoms with Crippen molar-refractivity contribution in [2.45, 2.75) is 18.7 Å². The third-order valence-electron chi connectivity index (χ3n) is 3.09. The van der Waals surface area contributed by atoms with Crippen molar-refractivity contribution in [2.75, 3.05) is 6.26 Å². The van der Waals surface area contributed by atoms with Gasteiger partial charge in [0.15, 0.2) is 9.84 Å². The molecular weight excluding hydrogens is 262 g/mol. The second-order valence-electron chi connectivity index (χ2n) is 4.62. The molecule has 0 aliphatic heterocycles. The van der Waals surface area contributed by atoms with E-state index < -0.39 is 9.84 Å². The summed E-state index contributed by atoms with van der Waals surface area (Å²) >= 11 is 0. The van der Waals surface area contributed by atoms with Crippen LogP contribution < -0.4 is 5.56 Å². The van der Waals surface area contributed by atoms with E-state index in [1.165, 1.54) is 12.1 Å². The Bertz CT molecular complexity index is 771. The van der Waals surface area contributed by atoms with Crippen LogP contribution in [0.1, 0.15) is 11.3 Å². The maximum Gasteiger partial charge on any atom is 0.256 e. The lowest BCUT2D eigenvalue weighted by atomic mass is 10.0. The van der Waals surface area contributed by atoms with Crippen LogP contribution in [0.25, 0.3) is 11.1 Å². The molecule has 0 saturated heterocycles. The molecule has 0 saturated carbocycles. The first-order chi connectivity index (χ1) is 8.79. The number of rotatable bonds is 2. The Morgan fingerprint density at radius 3 is 2.16 bits per heavy atom. The second kappa shape index (κ2) is 4.66. The van der Waals surface area contributed by atoms with Gasteiger partial charge in [-0.15, -0.1) is 0 Å². The largest absolute Gasteiger partial charge is 0.326 e. The standard InChI is InChI=1S/C14H15NO3S/c1-9-8-13(14(16)15-10(9)2)11-4-6-12(7-5-11)19(3,17)18/h4-8H,1-3H3,(H,15,16). The molecule has 1 N–H and O–H groups in total. The molecule has 0 aliphatic carbocycles. The summed E-state index contributed by atoms with van der Waals surface area (Å²) < 4.78 is 22.8. The van der Waals surface area contributed by atoms with E-state index in [1.54, 1.807) is 12.1 Å². The van der Waals surface area contributed by atoms with Crippen molar-refractivity contribution in [3.63, 3.8) is 0 Å². The number of nitrogens with one attached hydrogen (secondary N) is 1. The predicted octanol–water partition coefficient (Wildman–Crippen LogP) is 2.06. The molecule has 0 aliphatic rings. The number of hydrogen-bond donors (Lipinski definition) is 1. The molecule has 0 fully saturated rings. The van der Waals surface area contributed by atoms with Gasteiger partial charge in [0.2, 0.25) is 0 Å². The molecule has 0 spiro atoms. The van der Waals surface area contributed by atoms with Gasteiger partial charge in [-0.05, 0) is 43.2 Å². The van der Waals surface area contributed by atoms with E-state index in [1.807, 2.05) is 19.9 Å². The van der Waals surface area contributed by atoms with Crippen LogP contribution in [-0.2, 0) is 9.84 Å². The fourth-order valence-corrected chi connectivity index (χ4v) is 2.45. The second-order valence-corrected chi connectivity index (χ2v) is 6.63. The fourth-order valence-electron chi connectivity index (χ4n) is 1.82.